The Bertz CT molecular complexity index is 501. The summed E-state index contributed by atoms with van der Waals surface area (Å²) in [6.45, 7) is 4.11. The van der Waals surface area contributed by atoms with Crippen LogP contribution < -0.4 is 21.1 Å². The molecule has 1 aromatic carbocycles. The van der Waals surface area contributed by atoms with Crippen molar-refractivity contribution in [2.45, 2.75) is 26.7 Å². The largest absolute Gasteiger partial charge is 0.494 e. The van der Waals surface area contributed by atoms with Crippen molar-refractivity contribution >= 4 is 23.2 Å². The summed E-state index contributed by atoms with van der Waals surface area (Å²) in [6, 6.07) is 5.10. The van der Waals surface area contributed by atoms with Crippen molar-refractivity contribution in [3.8, 4) is 5.75 Å². The molecule has 0 radical (unpaired) electrons. The highest BCUT2D eigenvalue weighted by molar-refractivity contribution is 5.95. The third-order valence-corrected chi connectivity index (χ3v) is 2.88. The van der Waals surface area contributed by atoms with E-state index in [1.54, 1.807) is 18.2 Å². The molecule has 0 aliphatic carbocycles. The fraction of sp³-hybridized carbons (Fsp3) is 0.467. The van der Waals surface area contributed by atoms with Crippen LogP contribution in [0.15, 0.2) is 18.2 Å². The van der Waals surface area contributed by atoms with Gasteiger partial charge in [0.2, 0.25) is 11.8 Å². The summed E-state index contributed by atoms with van der Waals surface area (Å²) in [5.41, 5.74) is 6.57. The van der Waals surface area contributed by atoms with Gasteiger partial charge < -0.3 is 21.1 Å². The number of carbonyl (C=O) groups is 2. The minimum absolute atomic E-state index is 0.0898. The second kappa shape index (κ2) is 8.26. The van der Waals surface area contributed by atoms with Gasteiger partial charge in [-0.3, -0.25) is 9.59 Å². The Morgan fingerprint density at radius 3 is 2.57 bits per heavy atom. The predicted octanol–water partition coefficient (Wildman–Crippen LogP) is 1.97. The molecule has 0 spiro atoms. The smallest absolute Gasteiger partial charge is 0.227 e. The Hall–Kier alpha value is -2.08. The molecule has 0 bridgehead atoms. The van der Waals surface area contributed by atoms with E-state index >= 15 is 0 Å². The molecule has 6 nitrogen and oxygen atoms in total. The van der Waals surface area contributed by atoms with Crippen LogP contribution in [0.5, 0.6) is 5.75 Å². The number of nitrogens with one attached hydrogen (secondary N) is 2. The molecule has 4 N–H and O–H groups in total. The van der Waals surface area contributed by atoms with Gasteiger partial charge in [-0.2, -0.15) is 0 Å². The van der Waals surface area contributed by atoms with Gasteiger partial charge in [0, 0.05) is 24.1 Å². The van der Waals surface area contributed by atoms with E-state index < -0.39 is 0 Å². The van der Waals surface area contributed by atoms with Crippen molar-refractivity contribution in [1.82, 2.24) is 0 Å². The molecule has 2 amide bonds. The maximum Gasteiger partial charge on any atom is 0.227 e. The fourth-order valence-electron chi connectivity index (χ4n) is 1.64. The SMILES string of the molecule is COc1cc(NC(=O)CCCN)ccc1NC(=O)C(C)C. The monoisotopic (exact) mass is 293 g/mol. The average Bonchev–Trinajstić information content (AvgIpc) is 2.46. The van der Waals surface area contributed by atoms with Crippen molar-refractivity contribution in [2.24, 2.45) is 11.7 Å². The van der Waals surface area contributed by atoms with Crippen LogP contribution >= 0.6 is 0 Å². The number of hydrogen-bond donors (Lipinski definition) is 3. The lowest BCUT2D eigenvalue weighted by atomic mass is 10.2. The number of carbonyl (C=O) groups excluding carboxylic acids is 2. The molecule has 21 heavy (non-hydrogen) atoms. The van der Waals surface area contributed by atoms with Crippen LogP contribution in [0.25, 0.3) is 0 Å². The van der Waals surface area contributed by atoms with E-state index in [9.17, 15) is 9.59 Å². The Balaban J connectivity index is 2.78. The lowest BCUT2D eigenvalue weighted by molar-refractivity contribution is -0.119. The van der Waals surface area contributed by atoms with E-state index in [4.69, 9.17) is 10.5 Å². The summed E-state index contributed by atoms with van der Waals surface area (Å²) in [5, 5.41) is 5.55. The second-order valence-corrected chi connectivity index (χ2v) is 5.00. The molecule has 0 atom stereocenters. The van der Waals surface area contributed by atoms with Crippen molar-refractivity contribution in [3.63, 3.8) is 0 Å². The van der Waals surface area contributed by atoms with Gasteiger partial charge in [0.05, 0.1) is 12.8 Å². The molecule has 0 unspecified atom stereocenters. The predicted molar refractivity (Wildman–Crippen MR) is 83.4 cm³/mol. The number of benzene rings is 1. The molecule has 0 aliphatic rings. The Morgan fingerprint density at radius 2 is 2.00 bits per heavy atom. The van der Waals surface area contributed by atoms with E-state index in [0.717, 1.165) is 0 Å². The van der Waals surface area contributed by atoms with E-state index in [-0.39, 0.29) is 17.7 Å². The zero-order valence-electron chi connectivity index (χ0n) is 12.7. The van der Waals surface area contributed by atoms with Gasteiger partial charge in [0.15, 0.2) is 0 Å². The number of amides is 2. The number of nitrogens with two attached hydrogens (primary N) is 1. The third-order valence-electron chi connectivity index (χ3n) is 2.88. The molecular weight excluding hydrogens is 270 g/mol. The molecule has 0 aliphatic heterocycles. The van der Waals surface area contributed by atoms with Gasteiger partial charge in [0.1, 0.15) is 5.75 Å². The Morgan fingerprint density at radius 1 is 1.29 bits per heavy atom. The average molecular weight is 293 g/mol. The van der Waals surface area contributed by atoms with Gasteiger partial charge in [-0.15, -0.1) is 0 Å². The molecule has 0 heterocycles. The summed E-state index contributed by atoms with van der Waals surface area (Å²) in [4.78, 5) is 23.4. The maximum atomic E-state index is 11.7. The van der Waals surface area contributed by atoms with Gasteiger partial charge in [-0.1, -0.05) is 13.8 Å². The van der Waals surface area contributed by atoms with Crippen molar-refractivity contribution < 1.29 is 14.3 Å². The molecule has 116 valence electrons. The van der Waals surface area contributed by atoms with Crippen molar-refractivity contribution in [1.29, 1.82) is 0 Å². The number of hydrogen-bond acceptors (Lipinski definition) is 4. The highest BCUT2D eigenvalue weighted by Gasteiger charge is 2.12. The summed E-state index contributed by atoms with van der Waals surface area (Å²) >= 11 is 0. The van der Waals surface area contributed by atoms with Crippen molar-refractivity contribution in [3.05, 3.63) is 18.2 Å². The fourth-order valence-corrected chi connectivity index (χ4v) is 1.64. The van der Waals surface area contributed by atoms with E-state index in [0.29, 0.717) is 36.5 Å². The van der Waals surface area contributed by atoms with Crippen LogP contribution in [0.2, 0.25) is 0 Å². The molecule has 0 saturated heterocycles. The summed E-state index contributed by atoms with van der Waals surface area (Å²) in [7, 11) is 1.51. The van der Waals surface area contributed by atoms with Gasteiger partial charge in [-0.25, -0.2) is 0 Å². The summed E-state index contributed by atoms with van der Waals surface area (Å²) in [6.07, 6.45) is 1.02. The highest BCUT2D eigenvalue weighted by Crippen LogP contribution is 2.28. The summed E-state index contributed by atoms with van der Waals surface area (Å²) in [5.74, 6) is 0.195. The summed E-state index contributed by atoms with van der Waals surface area (Å²) < 4.78 is 5.24. The van der Waals surface area contributed by atoms with Crippen LogP contribution in [0.1, 0.15) is 26.7 Å². The van der Waals surface area contributed by atoms with Gasteiger partial charge >= 0.3 is 0 Å². The highest BCUT2D eigenvalue weighted by atomic mass is 16.5. The molecule has 0 saturated carbocycles. The minimum atomic E-state index is -0.120. The van der Waals surface area contributed by atoms with Gasteiger partial charge in [-0.05, 0) is 25.1 Å². The molecule has 0 aromatic heterocycles. The van der Waals surface area contributed by atoms with Crippen molar-refractivity contribution in [2.75, 3.05) is 24.3 Å². The number of rotatable bonds is 7. The Labute approximate surface area is 125 Å². The topological polar surface area (TPSA) is 93.4 Å². The van der Waals surface area contributed by atoms with Gasteiger partial charge in [0.25, 0.3) is 0 Å². The first-order valence-corrected chi connectivity index (χ1v) is 6.96. The zero-order valence-corrected chi connectivity index (χ0v) is 12.7. The molecule has 1 rings (SSSR count). The molecule has 0 fully saturated rings. The molecule has 1 aromatic rings. The molecular formula is C15H23N3O3. The van der Waals surface area contributed by atoms with Crippen LogP contribution in [-0.4, -0.2) is 25.5 Å². The minimum Gasteiger partial charge on any atom is -0.494 e. The third kappa shape index (κ3) is 5.43. The second-order valence-electron chi connectivity index (χ2n) is 5.00. The first-order valence-electron chi connectivity index (χ1n) is 6.96. The lowest BCUT2D eigenvalue weighted by Crippen LogP contribution is -2.18. The first-order chi connectivity index (χ1) is 9.97. The van der Waals surface area contributed by atoms with Crippen LogP contribution in [0, 0.1) is 5.92 Å². The zero-order chi connectivity index (χ0) is 15.8. The lowest BCUT2D eigenvalue weighted by Gasteiger charge is -2.13. The number of ether oxygens (including phenoxy) is 1. The van der Waals surface area contributed by atoms with Crippen LogP contribution in [-0.2, 0) is 9.59 Å². The quantitative estimate of drug-likeness (QED) is 0.716. The van der Waals surface area contributed by atoms with Crippen LogP contribution in [0.4, 0.5) is 11.4 Å². The van der Waals surface area contributed by atoms with E-state index in [1.165, 1.54) is 7.11 Å². The standard InChI is InChI=1S/C15H23N3O3/c1-10(2)15(20)18-12-7-6-11(9-13(12)21-3)17-14(19)5-4-8-16/h6-7,9-10H,4-5,8,16H2,1-3H3,(H,17,19)(H,18,20). The van der Waals surface area contributed by atoms with E-state index in [2.05, 4.69) is 10.6 Å². The molecule has 6 heteroatoms. The normalized spacial score (nSPS) is 10.3. The first kappa shape index (κ1) is 17.0. The maximum absolute atomic E-state index is 11.7. The number of anilines is 2. The Kier molecular flexibility index (Phi) is 6.68. The van der Waals surface area contributed by atoms with E-state index in [1.807, 2.05) is 13.8 Å². The van der Waals surface area contributed by atoms with Crippen LogP contribution in [0.3, 0.4) is 0 Å². The number of methoxy groups -OCH3 is 1.